The van der Waals surface area contributed by atoms with Crippen molar-refractivity contribution in [3.05, 3.63) is 0 Å². The number of hydrogen-bond donors (Lipinski definition) is 3. The zero-order valence-corrected chi connectivity index (χ0v) is 11.6. The zero-order chi connectivity index (χ0) is 13.3. The van der Waals surface area contributed by atoms with E-state index in [-0.39, 0.29) is 23.4 Å². The molecular weight excluding hydrogens is 226 g/mol. The molecule has 0 aliphatic heterocycles. The summed E-state index contributed by atoms with van der Waals surface area (Å²) in [5.41, 5.74) is 12.1. The first-order valence-electron chi connectivity index (χ1n) is 7.33. The maximum atomic E-state index is 12.3. The van der Waals surface area contributed by atoms with Gasteiger partial charge in [-0.3, -0.25) is 4.79 Å². The molecule has 0 spiro atoms. The van der Waals surface area contributed by atoms with Crippen LogP contribution in [0.25, 0.3) is 0 Å². The van der Waals surface area contributed by atoms with Crippen LogP contribution in [-0.4, -0.2) is 24.0 Å². The Hall–Kier alpha value is -0.610. The van der Waals surface area contributed by atoms with Crippen LogP contribution < -0.4 is 16.8 Å². The summed E-state index contributed by atoms with van der Waals surface area (Å²) < 4.78 is 0. The van der Waals surface area contributed by atoms with Crippen molar-refractivity contribution in [3.8, 4) is 0 Å². The van der Waals surface area contributed by atoms with Crippen molar-refractivity contribution >= 4 is 5.91 Å². The lowest BCUT2D eigenvalue weighted by Crippen LogP contribution is -2.53. The molecule has 0 heterocycles. The number of carbonyl (C=O) groups is 1. The molecule has 2 saturated carbocycles. The van der Waals surface area contributed by atoms with E-state index < -0.39 is 0 Å². The van der Waals surface area contributed by atoms with Crippen molar-refractivity contribution in [2.75, 3.05) is 6.54 Å². The molecule has 4 nitrogen and oxygen atoms in total. The molecule has 104 valence electrons. The summed E-state index contributed by atoms with van der Waals surface area (Å²) in [5, 5.41) is 3.04. The normalized spacial score (nSPS) is 34.9. The molecule has 0 saturated heterocycles. The summed E-state index contributed by atoms with van der Waals surface area (Å²) in [5.74, 6) is 1.25. The highest BCUT2D eigenvalue weighted by Gasteiger charge is 2.49. The maximum absolute atomic E-state index is 12.3. The van der Waals surface area contributed by atoms with Gasteiger partial charge >= 0.3 is 0 Å². The average Bonchev–Trinajstić information content (AvgIpc) is 2.96. The first kappa shape index (κ1) is 13.8. The van der Waals surface area contributed by atoms with Gasteiger partial charge < -0.3 is 16.8 Å². The summed E-state index contributed by atoms with van der Waals surface area (Å²) in [6, 6.07) is 0.0687. The molecule has 2 fully saturated rings. The summed E-state index contributed by atoms with van der Waals surface area (Å²) in [7, 11) is 0. The van der Waals surface area contributed by atoms with Gasteiger partial charge in [0.05, 0.1) is 5.92 Å². The fourth-order valence-electron chi connectivity index (χ4n) is 3.61. The standard InChI is InChI=1S/C14H27N3O/c1-3-14(16,4-2)8-17-13(18)11-9-5-6-10(7-9)12(11)15/h9-12H,3-8,15-16H2,1-2H3,(H,17,18). The number of rotatable bonds is 5. The molecule has 4 heteroatoms. The van der Waals surface area contributed by atoms with E-state index in [1.54, 1.807) is 0 Å². The third-order valence-electron chi connectivity index (χ3n) is 5.31. The second-order valence-corrected chi connectivity index (χ2v) is 6.22. The van der Waals surface area contributed by atoms with Gasteiger partial charge in [0.2, 0.25) is 5.91 Å². The minimum Gasteiger partial charge on any atom is -0.354 e. The lowest BCUT2D eigenvalue weighted by Gasteiger charge is -2.31. The van der Waals surface area contributed by atoms with E-state index in [4.69, 9.17) is 11.5 Å². The molecule has 0 aromatic carbocycles. The van der Waals surface area contributed by atoms with E-state index in [0.717, 1.165) is 19.3 Å². The quantitative estimate of drug-likeness (QED) is 0.683. The summed E-state index contributed by atoms with van der Waals surface area (Å²) >= 11 is 0. The number of fused-ring (bicyclic) bond motifs is 2. The highest BCUT2D eigenvalue weighted by Crippen LogP contribution is 2.47. The third kappa shape index (κ3) is 2.41. The molecule has 4 atom stereocenters. The molecule has 18 heavy (non-hydrogen) atoms. The van der Waals surface area contributed by atoms with Gasteiger partial charge in [0.15, 0.2) is 0 Å². The van der Waals surface area contributed by atoms with Crippen molar-refractivity contribution in [1.82, 2.24) is 5.32 Å². The maximum Gasteiger partial charge on any atom is 0.225 e. The average molecular weight is 253 g/mol. The van der Waals surface area contributed by atoms with Gasteiger partial charge in [-0.2, -0.15) is 0 Å². The fraction of sp³-hybridized carbons (Fsp3) is 0.929. The first-order valence-corrected chi connectivity index (χ1v) is 7.33. The minimum absolute atomic E-state index is 0.0294. The monoisotopic (exact) mass is 253 g/mol. The molecule has 2 bridgehead atoms. The molecule has 0 aromatic rings. The van der Waals surface area contributed by atoms with Crippen molar-refractivity contribution in [1.29, 1.82) is 0 Å². The SMILES string of the molecule is CCC(N)(CC)CNC(=O)C1C2CCC(C2)C1N. The van der Waals surface area contributed by atoms with E-state index in [1.165, 1.54) is 12.8 Å². The van der Waals surface area contributed by atoms with Gasteiger partial charge in [0.25, 0.3) is 0 Å². The van der Waals surface area contributed by atoms with Crippen molar-refractivity contribution in [2.45, 2.75) is 57.5 Å². The Balaban J connectivity index is 1.89. The molecule has 0 radical (unpaired) electrons. The van der Waals surface area contributed by atoms with Crippen LogP contribution >= 0.6 is 0 Å². The second-order valence-electron chi connectivity index (χ2n) is 6.22. The molecule has 2 aliphatic rings. The van der Waals surface area contributed by atoms with Crippen LogP contribution in [0.2, 0.25) is 0 Å². The van der Waals surface area contributed by atoms with E-state index in [2.05, 4.69) is 19.2 Å². The fourth-order valence-corrected chi connectivity index (χ4v) is 3.61. The Morgan fingerprint density at radius 3 is 2.39 bits per heavy atom. The molecular formula is C14H27N3O. The third-order valence-corrected chi connectivity index (χ3v) is 5.31. The van der Waals surface area contributed by atoms with Crippen LogP contribution in [0.5, 0.6) is 0 Å². The Morgan fingerprint density at radius 1 is 1.28 bits per heavy atom. The highest BCUT2D eigenvalue weighted by atomic mass is 16.2. The number of nitrogens with two attached hydrogens (primary N) is 2. The molecule has 2 rings (SSSR count). The van der Waals surface area contributed by atoms with Crippen LogP contribution in [0.1, 0.15) is 46.0 Å². The van der Waals surface area contributed by atoms with Crippen LogP contribution in [0, 0.1) is 17.8 Å². The lowest BCUT2D eigenvalue weighted by molar-refractivity contribution is -0.127. The predicted molar refractivity (Wildman–Crippen MR) is 72.8 cm³/mol. The van der Waals surface area contributed by atoms with E-state index in [9.17, 15) is 4.79 Å². The number of carbonyl (C=O) groups excluding carboxylic acids is 1. The lowest BCUT2D eigenvalue weighted by atomic mass is 9.84. The summed E-state index contributed by atoms with van der Waals surface area (Å²) in [6.45, 7) is 4.71. The molecule has 2 aliphatic carbocycles. The number of nitrogens with one attached hydrogen (secondary N) is 1. The molecule has 4 unspecified atom stereocenters. The molecule has 5 N–H and O–H groups in total. The van der Waals surface area contributed by atoms with Gasteiger partial charge in [0.1, 0.15) is 0 Å². The largest absolute Gasteiger partial charge is 0.354 e. The summed E-state index contributed by atoms with van der Waals surface area (Å²) in [4.78, 5) is 12.3. The van der Waals surface area contributed by atoms with Crippen LogP contribution in [0.15, 0.2) is 0 Å². The van der Waals surface area contributed by atoms with Gasteiger partial charge in [-0.1, -0.05) is 13.8 Å². The Labute approximate surface area is 110 Å². The Morgan fingerprint density at radius 2 is 1.89 bits per heavy atom. The van der Waals surface area contributed by atoms with E-state index >= 15 is 0 Å². The van der Waals surface area contributed by atoms with Gasteiger partial charge in [-0.05, 0) is 43.9 Å². The second kappa shape index (κ2) is 5.17. The van der Waals surface area contributed by atoms with E-state index in [1.807, 2.05) is 0 Å². The smallest absolute Gasteiger partial charge is 0.225 e. The molecule has 1 amide bonds. The van der Waals surface area contributed by atoms with Crippen LogP contribution in [-0.2, 0) is 4.79 Å². The van der Waals surface area contributed by atoms with Gasteiger partial charge in [0, 0.05) is 18.1 Å². The number of hydrogen-bond acceptors (Lipinski definition) is 3. The highest BCUT2D eigenvalue weighted by molar-refractivity contribution is 5.80. The predicted octanol–water partition coefficient (Wildman–Crippen LogP) is 0.994. The summed E-state index contributed by atoms with van der Waals surface area (Å²) in [6.07, 6.45) is 5.29. The number of amides is 1. The van der Waals surface area contributed by atoms with Crippen molar-refractivity contribution in [2.24, 2.45) is 29.2 Å². The van der Waals surface area contributed by atoms with Crippen LogP contribution in [0.3, 0.4) is 0 Å². The van der Waals surface area contributed by atoms with Crippen molar-refractivity contribution in [3.63, 3.8) is 0 Å². The Bertz CT molecular complexity index is 312. The van der Waals surface area contributed by atoms with Crippen molar-refractivity contribution < 1.29 is 4.79 Å². The first-order chi connectivity index (χ1) is 8.50. The van der Waals surface area contributed by atoms with Gasteiger partial charge in [-0.25, -0.2) is 0 Å². The zero-order valence-electron chi connectivity index (χ0n) is 11.6. The Kier molecular flexibility index (Phi) is 3.97. The minimum atomic E-state index is -0.266. The molecule has 0 aromatic heterocycles. The van der Waals surface area contributed by atoms with Gasteiger partial charge in [-0.15, -0.1) is 0 Å². The van der Waals surface area contributed by atoms with E-state index in [0.29, 0.717) is 18.4 Å². The topological polar surface area (TPSA) is 81.1 Å². The van der Waals surface area contributed by atoms with Crippen LogP contribution in [0.4, 0.5) is 0 Å².